The predicted octanol–water partition coefficient (Wildman–Crippen LogP) is 3.04. The maximum absolute atomic E-state index is 10.8. The van der Waals surface area contributed by atoms with E-state index in [9.17, 15) is 5.11 Å². The van der Waals surface area contributed by atoms with E-state index in [1.165, 1.54) is 0 Å². The molecule has 3 nitrogen and oxygen atoms in total. The van der Waals surface area contributed by atoms with E-state index in [1.54, 1.807) is 7.11 Å². The highest BCUT2D eigenvalue weighted by Gasteiger charge is 2.26. The monoisotopic (exact) mass is 285 g/mol. The first-order chi connectivity index (χ1) is 10.2. The summed E-state index contributed by atoms with van der Waals surface area (Å²) in [7, 11) is 3.71. The average Bonchev–Trinajstić information content (AvgIpc) is 2.55. The van der Waals surface area contributed by atoms with Crippen LogP contribution in [0.15, 0.2) is 60.7 Å². The van der Waals surface area contributed by atoms with Crippen LogP contribution < -0.4 is 0 Å². The number of aliphatic hydroxyl groups excluding tert-OH is 1. The van der Waals surface area contributed by atoms with E-state index in [0.29, 0.717) is 6.61 Å². The van der Waals surface area contributed by atoms with Crippen molar-refractivity contribution in [2.75, 3.05) is 27.3 Å². The van der Waals surface area contributed by atoms with Crippen molar-refractivity contribution in [3.8, 4) is 0 Å². The molecule has 0 spiro atoms. The third kappa shape index (κ3) is 4.14. The summed E-state index contributed by atoms with van der Waals surface area (Å²) in [5, 5.41) is 10.8. The molecule has 2 atom stereocenters. The summed E-state index contributed by atoms with van der Waals surface area (Å²) in [5.41, 5.74) is 2.03. The summed E-state index contributed by atoms with van der Waals surface area (Å²) in [6, 6.07) is 19.8. The predicted molar refractivity (Wildman–Crippen MR) is 85.1 cm³/mol. The summed E-state index contributed by atoms with van der Waals surface area (Å²) in [6.07, 6.45) is -0.574. The Morgan fingerprint density at radius 1 is 0.952 bits per heavy atom. The van der Waals surface area contributed by atoms with E-state index in [4.69, 9.17) is 4.74 Å². The number of hydrogen-bond acceptors (Lipinski definition) is 3. The van der Waals surface area contributed by atoms with Gasteiger partial charge in [-0.3, -0.25) is 4.90 Å². The first kappa shape index (κ1) is 15.7. The Balaban J connectivity index is 2.27. The number of likely N-dealkylation sites (N-methyl/N-ethyl adjacent to an activating group) is 1. The molecule has 2 aromatic rings. The zero-order valence-electron chi connectivity index (χ0n) is 12.6. The van der Waals surface area contributed by atoms with E-state index >= 15 is 0 Å². The molecule has 2 rings (SSSR count). The number of benzene rings is 2. The van der Waals surface area contributed by atoms with Crippen LogP contribution in [0, 0.1) is 0 Å². The van der Waals surface area contributed by atoms with Crippen LogP contribution in [0.5, 0.6) is 0 Å². The van der Waals surface area contributed by atoms with Gasteiger partial charge in [0.2, 0.25) is 0 Å². The molecular formula is C18H23NO2. The molecule has 0 aromatic heterocycles. The molecule has 2 aromatic carbocycles. The topological polar surface area (TPSA) is 32.7 Å². The second kappa shape index (κ2) is 7.93. The van der Waals surface area contributed by atoms with Crippen LogP contribution in [-0.4, -0.2) is 37.3 Å². The van der Waals surface area contributed by atoms with Crippen molar-refractivity contribution in [2.24, 2.45) is 0 Å². The normalized spacial score (nSPS) is 14.1. The third-order valence-electron chi connectivity index (χ3n) is 3.70. The fourth-order valence-corrected chi connectivity index (χ4v) is 2.53. The summed E-state index contributed by atoms with van der Waals surface area (Å²) >= 11 is 0. The van der Waals surface area contributed by atoms with Crippen molar-refractivity contribution >= 4 is 0 Å². The highest BCUT2D eigenvalue weighted by atomic mass is 16.5. The molecule has 0 unspecified atom stereocenters. The minimum absolute atomic E-state index is 0.0938. The van der Waals surface area contributed by atoms with Gasteiger partial charge in [-0.25, -0.2) is 0 Å². The van der Waals surface area contributed by atoms with Crippen LogP contribution in [0.2, 0.25) is 0 Å². The fraction of sp³-hybridized carbons (Fsp3) is 0.333. The van der Waals surface area contributed by atoms with Crippen LogP contribution in [0.1, 0.15) is 23.3 Å². The van der Waals surface area contributed by atoms with Gasteiger partial charge in [0, 0.05) is 13.7 Å². The maximum atomic E-state index is 10.8. The second-order valence-electron chi connectivity index (χ2n) is 5.18. The van der Waals surface area contributed by atoms with E-state index in [2.05, 4.69) is 17.0 Å². The smallest absolute Gasteiger partial charge is 0.0986 e. The lowest BCUT2D eigenvalue weighted by Gasteiger charge is -2.32. The first-order valence-corrected chi connectivity index (χ1v) is 7.21. The molecule has 1 N–H and O–H groups in total. The minimum atomic E-state index is -0.574. The zero-order valence-corrected chi connectivity index (χ0v) is 12.6. The van der Waals surface area contributed by atoms with Crippen LogP contribution in [0.4, 0.5) is 0 Å². The number of rotatable bonds is 7. The number of methoxy groups -OCH3 is 1. The molecule has 0 saturated carbocycles. The van der Waals surface area contributed by atoms with Gasteiger partial charge in [-0.15, -0.1) is 0 Å². The lowest BCUT2D eigenvalue weighted by atomic mass is 9.94. The Hall–Kier alpha value is -1.68. The number of aliphatic hydroxyl groups is 1. The van der Waals surface area contributed by atoms with Gasteiger partial charge in [0.25, 0.3) is 0 Å². The molecule has 0 radical (unpaired) electrons. The molecule has 0 heterocycles. The maximum Gasteiger partial charge on any atom is 0.0986 e. The number of ether oxygens (including phenoxy) is 1. The third-order valence-corrected chi connectivity index (χ3v) is 3.70. The molecule has 0 aliphatic carbocycles. The van der Waals surface area contributed by atoms with Gasteiger partial charge in [-0.1, -0.05) is 60.7 Å². The minimum Gasteiger partial charge on any atom is -0.386 e. The van der Waals surface area contributed by atoms with Gasteiger partial charge in [-0.2, -0.15) is 0 Å². The standard InChI is InChI=1S/C18H23NO2/c1-19(13-14-21-2)17(15-9-5-3-6-10-15)18(20)16-11-7-4-8-12-16/h3-12,17-18,20H,13-14H2,1-2H3/t17-,18+/m0/s1. The largest absolute Gasteiger partial charge is 0.386 e. The molecule has 21 heavy (non-hydrogen) atoms. The fourth-order valence-electron chi connectivity index (χ4n) is 2.53. The van der Waals surface area contributed by atoms with Crippen molar-refractivity contribution in [3.63, 3.8) is 0 Å². The van der Waals surface area contributed by atoms with E-state index < -0.39 is 6.10 Å². The number of nitrogens with zero attached hydrogens (tertiary/aromatic N) is 1. The van der Waals surface area contributed by atoms with Gasteiger partial charge in [0.05, 0.1) is 18.8 Å². The van der Waals surface area contributed by atoms with Crippen LogP contribution in [-0.2, 0) is 4.74 Å². The summed E-state index contributed by atoms with van der Waals surface area (Å²) in [6.45, 7) is 1.40. The second-order valence-corrected chi connectivity index (χ2v) is 5.18. The van der Waals surface area contributed by atoms with Crippen molar-refractivity contribution < 1.29 is 9.84 Å². The molecule has 0 fully saturated rings. The Morgan fingerprint density at radius 3 is 2.00 bits per heavy atom. The highest BCUT2D eigenvalue weighted by molar-refractivity contribution is 5.26. The summed E-state index contributed by atoms with van der Waals surface area (Å²) < 4.78 is 5.16. The van der Waals surface area contributed by atoms with E-state index in [0.717, 1.165) is 17.7 Å². The van der Waals surface area contributed by atoms with Gasteiger partial charge < -0.3 is 9.84 Å². The summed E-state index contributed by atoms with van der Waals surface area (Å²) in [5.74, 6) is 0. The lowest BCUT2D eigenvalue weighted by Crippen LogP contribution is -2.32. The molecule has 0 aliphatic rings. The zero-order chi connectivity index (χ0) is 15.1. The molecule has 0 amide bonds. The van der Waals surface area contributed by atoms with Crippen LogP contribution >= 0.6 is 0 Å². The number of hydrogen-bond donors (Lipinski definition) is 1. The Kier molecular flexibility index (Phi) is 5.93. The Morgan fingerprint density at radius 2 is 1.48 bits per heavy atom. The van der Waals surface area contributed by atoms with Gasteiger partial charge in [-0.05, 0) is 18.2 Å². The van der Waals surface area contributed by atoms with Crippen LogP contribution in [0.25, 0.3) is 0 Å². The van der Waals surface area contributed by atoms with Crippen molar-refractivity contribution in [2.45, 2.75) is 12.1 Å². The molecule has 0 aliphatic heterocycles. The Labute approximate surface area is 126 Å². The SMILES string of the molecule is COCCN(C)[C@@H](c1ccccc1)[C@H](O)c1ccccc1. The average molecular weight is 285 g/mol. The quantitative estimate of drug-likeness (QED) is 0.848. The van der Waals surface area contributed by atoms with E-state index in [-0.39, 0.29) is 6.04 Å². The molecule has 0 bridgehead atoms. The molecular weight excluding hydrogens is 262 g/mol. The van der Waals surface area contributed by atoms with Crippen molar-refractivity contribution in [1.82, 2.24) is 4.90 Å². The molecule has 112 valence electrons. The Bertz CT molecular complexity index is 515. The van der Waals surface area contributed by atoms with Gasteiger partial charge in [0.15, 0.2) is 0 Å². The van der Waals surface area contributed by atoms with E-state index in [1.807, 2.05) is 55.6 Å². The van der Waals surface area contributed by atoms with Gasteiger partial charge in [0.1, 0.15) is 0 Å². The lowest BCUT2D eigenvalue weighted by molar-refractivity contribution is 0.0469. The van der Waals surface area contributed by atoms with Crippen molar-refractivity contribution in [3.05, 3.63) is 71.8 Å². The van der Waals surface area contributed by atoms with Crippen molar-refractivity contribution in [1.29, 1.82) is 0 Å². The van der Waals surface area contributed by atoms with Crippen LogP contribution in [0.3, 0.4) is 0 Å². The first-order valence-electron chi connectivity index (χ1n) is 7.21. The highest BCUT2D eigenvalue weighted by Crippen LogP contribution is 2.32. The summed E-state index contributed by atoms with van der Waals surface area (Å²) in [4.78, 5) is 2.14. The van der Waals surface area contributed by atoms with Gasteiger partial charge >= 0.3 is 0 Å². The molecule has 0 saturated heterocycles. The molecule has 3 heteroatoms.